The van der Waals surface area contributed by atoms with Gasteiger partial charge in [0.15, 0.2) is 0 Å². The Hall–Kier alpha value is -1.62. The molecule has 0 saturated heterocycles. The van der Waals surface area contributed by atoms with Crippen molar-refractivity contribution in [3.63, 3.8) is 0 Å². The highest BCUT2D eigenvalue weighted by molar-refractivity contribution is 5.81. The number of carbonyl (C=O) groups excluding carboxylic acids is 1. The van der Waals surface area contributed by atoms with Crippen LogP contribution in [0, 0.1) is 5.82 Å². The zero-order valence-electron chi connectivity index (χ0n) is 11.6. The number of hydrogen-bond donors (Lipinski definition) is 2. The van der Waals surface area contributed by atoms with Crippen molar-refractivity contribution in [2.24, 2.45) is 0 Å². The molecule has 19 heavy (non-hydrogen) atoms. The van der Waals surface area contributed by atoms with Crippen molar-refractivity contribution in [2.75, 3.05) is 13.7 Å². The fraction of sp³-hybridized carbons (Fsp3) is 0.500. The van der Waals surface area contributed by atoms with Crippen LogP contribution in [0.1, 0.15) is 25.8 Å². The predicted octanol–water partition coefficient (Wildman–Crippen LogP) is 1.84. The largest absolute Gasteiger partial charge is 0.497 e. The van der Waals surface area contributed by atoms with Crippen LogP contribution in [-0.2, 0) is 11.3 Å². The molecule has 1 amide bonds. The minimum atomic E-state index is -0.354. The molecule has 0 aliphatic carbocycles. The Bertz CT molecular complexity index is 424. The van der Waals surface area contributed by atoms with Gasteiger partial charge < -0.3 is 15.4 Å². The van der Waals surface area contributed by atoms with E-state index in [0.29, 0.717) is 24.4 Å². The molecule has 4 nitrogen and oxygen atoms in total. The molecule has 0 aliphatic rings. The maximum Gasteiger partial charge on any atom is 0.236 e. The summed E-state index contributed by atoms with van der Waals surface area (Å²) in [6.45, 7) is 4.70. The highest BCUT2D eigenvalue weighted by Crippen LogP contribution is 2.16. The van der Waals surface area contributed by atoms with E-state index >= 15 is 0 Å². The Labute approximate surface area is 113 Å². The lowest BCUT2D eigenvalue weighted by molar-refractivity contribution is -0.122. The van der Waals surface area contributed by atoms with Crippen molar-refractivity contribution < 1.29 is 13.9 Å². The molecule has 0 fully saturated rings. The van der Waals surface area contributed by atoms with Crippen LogP contribution in [0.25, 0.3) is 0 Å². The number of carbonyl (C=O) groups is 1. The van der Waals surface area contributed by atoms with Crippen LogP contribution in [0.4, 0.5) is 4.39 Å². The van der Waals surface area contributed by atoms with Gasteiger partial charge in [0.05, 0.1) is 13.2 Å². The second-order valence-corrected chi connectivity index (χ2v) is 4.35. The highest BCUT2D eigenvalue weighted by atomic mass is 19.1. The molecule has 0 saturated carbocycles. The molecule has 2 N–H and O–H groups in total. The second-order valence-electron chi connectivity index (χ2n) is 4.35. The summed E-state index contributed by atoms with van der Waals surface area (Å²) in [6, 6.07) is 4.33. The third kappa shape index (κ3) is 4.87. The molecule has 0 radical (unpaired) electrons. The Morgan fingerprint density at radius 1 is 1.47 bits per heavy atom. The fourth-order valence-corrected chi connectivity index (χ4v) is 1.56. The summed E-state index contributed by atoms with van der Waals surface area (Å²) in [5, 5.41) is 5.78. The van der Waals surface area contributed by atoms with Gasteiger partial charge in [0.2, 0.25) is 5.91 Å². The number of ether oxygens (including phenoxy) is 1. The van der Waals surface area contributed by atoms with Crippen molar-refractivity contribution in [1.29, 1.82) is 0 Å². The van der Waals surface area contributed by atoms with Gasteiger partial charge in [-0.15, -0.1) is 0 Å². The fourth-order valence-electron chi connectivity index (χ4n) is 1.56. The zero-order chi connectivity index (χ0) is 14.3. The van der Waals surface area contributed by atoms with E-state index in [2.05, 4.69) is 10.6 Å². The van der Waals surface area contributed by atoms with Crippen LogP contribution in [-0.4, -0.2) is 25.6 Å². The second kappa shape index (κ2) is 7.74. The third-order valence-electron chi connectivity index (χ3n) is 2.80. The van der Waals surface area contributed by atoms with Crippen molar-refractivity contribution in [3.8, 4) is 5.75 Å². The van der Waals surface area contributed by atoms with Crippen LogP contribution in [0.15, 0.2) is 18.2 Å². The SMILES string of the molecule is CCCNC(=O)C(C)NCc1ccc(OC)cc1F. The van der Waals surface area contributed by atoms with Crippen molar-refractivity contribution >= 4 is 5.91 Å². The van der Waals surface area contributed by atoms with E-state index in [1.807, 2.05) is 6.92 Å². The van der Waals surface area contributed by atoms with Gasteiger partial charge in [0.25, 0.3) is 0 Å². The average molecular weight is 268 g/mol. The van der Waals surface area contributed by atoms with E-state index in [-0.39, 0.29) is 17.8 Å². The van der Waals surface area contributed by atoms with E-state index in [1.165, 1.54) is 13.2 Å². The molecule has 0 heterocycles. The summed E-state index contributed by atoms with van der Waals surface area (Å²) in [5.74, 6) is 0.0683. The number of nitrogens with one attached hydrogen (secondary N) is 2. The molecule has 1 aromatic rings. The average Bonchev–Trinajstić information content (AvgIpc) is 2.42. The molecule has 0 spiro atoms. The summed E-state index contributed by atoms with van der Waals surface area (Å²) >= 11 is 0. The Kier molecular flexibility index (Phi) is 6.29. The standard InChI is InChI=1S/C14H21FN2O2/c1-4-7-16-14(18)10(2)17-9-11-5-6-12(19-3)8-13(11)15/h5-6,8,10,17H,4,7,9H2,1-3H3,(H,16,18). The summed E-state index contributed by atoms with van der Waals surface area (Å²) < 4.78 is 18.6. The van der Waals surface area contributed by atoms with E-state index in [1.54, 1.807) is 19.1 Å². The first-order valence-electron chi connectivity index (χ1n) is 6.42. The lowest BCUT2D eigenvalue weighted by atomic mass is 10.2. The van der Waals surface area contributed by atoms with Gasteiger partial charge in [0.1, 0.15) is 11.6 Å². The molecule has 1 atom stereocenters. The quantitative estimate of drug-likeness (QED) is 0.793. The predicted molar refractivity (Wildman–Crippen MR) is 72.6 cm³/mol. The van der Waals surface area contributed by atoms with Crippen molar-refractivity contribution in [1.82, 2.24) is 10.6 Å². The molecule has 1 unspecified atom stereocenters. The summed E-state index contributed by atoms with van der Waals surface area (Å²) in [6.07, 6.45) is 0.894. The van der Waals surface area contributed by atoms with Gasteiger partial charge in [-0.05, 0) is 19.4 Å². The van der Waals surface area contributed by atoms with Crippen LogP contribution < -0.4 is 15.4 Å². The van der Waals surface area contributed by atoms with Crippen LogP contribution in [0.3, 0.4) is 0 Å². The monoisotopic (exact) mass is 268 g/mol. The summed E-state index contributed by atoms with van der Waals surface area (Å²) in [5.41, 5.74) is 0.510. The van der Waals surface area contributed by atoms with Crippen LogP contribution in [0.5, 0.6) is 5.75 Å². The van der Waals surface area contributed by atoms with Gasteiger partial charge in [-0.3, -0.25) is 4.79 Å². The molecule has 1 rings (SSSR count). The molecule has 0 aliphatic heterocycles. The molecular weight excluding hydrogens is 247 g/mol. The lowest BCUT2D eigenvalue weighted by Gasteiger charge is -2.14. The Morgan fingerprint density at radius 3 is 2.79 bits per heavy atom. The third-order valence-corrected chi connectivity index (χ3v) is 2.80. The normalized spacial score (nSPS) is 12.0. The minimum Gasteiger partial charge on any atom is -0.497 e. The molecular formula is C14H21FN2O2. The minimum absolute atomic E-state index is 0.0734. The van der Waals surface area contributed by atoms with Gasteiger partial charge in [-0.2, -0.15) is 0 Å². The summed E-state index contributed by atoms with van der Waals surface area (Å²) in [7, 11) is 1.49. The number of methoxy groups -OCH3 is 1. The molecule has 1 aromatic carbocycles. The topological polar surface area (TPSA) is 50.4 Å². The number of rotatable bonds is 7. The first-order valence-corrected chi connectivity index (χ1v) is 6.42. The first kappa shape index (κ1) is 15.4. The van der Waals surface area contributed by atoms with Crippen molar-refractivity contribution in [2.45, 2.75) is 32.9 Å². The van der Waals surface area contributed by atoms with Gasteiger partial charge in [-0.1, -0.05) is 13.0 Å². The zero-order valence-corrected chi connectivity index (χ0v) is 11.6. The van der Waals surface area contributed by atoms with Crippen LogP contribution in [0.2, 0.25) is 0 Å². The van der Waals surface area contributed by atoms with Crippen LogP contribution >= 0.6 is 0 Å². The van der Waals surface area contributed by atoms with Crippen molar-refractivity contribution in [3.05, 3.63) is 29.6 Å². The maximum absolute atomic E-state index is 13.7. The first-order chi connectivity index (χ1) is 9.08. The van der Waals surface area contributed by atoms with Gasteiger partial charge in [0, 0.05) is 24.7 Å². The van der Waals surface area contributed by atoms with E-state index < -0.39 is 0 Å². The molecule has 106 valence electrons. The number of hydrogen-bond acceptors (Lipinski definition) is 3. The number of amides is 1. The van der Waals surface area contributed by atoms with E-state index in [9.17, 15) is 9.18 Å². The molecule has 0 bridgehead atoms. The van der Waals surface area contributed by atoms with Gasteiger partial charge >= 0.3 is 0 Å². The lowest BCUT2D eigenvalue weighted by Crippen LogP contribution is -2.42. The molecule has 0 aromatic heterocycles. The highest BCUT2D eigenvalue weighted by Gasteiger charge is 2.12. The van der Waals surface area contributed by atoms with E-state index in [0.717, 1.165) is 6.42 Å². The number of benzene rings is 1. The Morgan fingerprint density at radius 2 is 2.21 bits per heavy atom. The maximum atomic E-state index is 13.7. The number of halogens is 1. The Balaban J connectivity index is 2.50. The molecule has 5 heteroatoms. The smallest absolute Gasteiger partial charge is 0.236 e. The summed E-state index contributed by atoms with van der Waals surface area (Å²) in [4.78, 5) is 11.6. The van der Waals surface area contributed by atoms with E-state index in [4.69, 9.17) is 4.74 Å². The van der Waals surface area contributed by atoms with Gasteiger partial charge in [-0.25, -0.2) is 4.39 Å².